The molecule has 0 unspecified atom stereocenters. The fraction of sp³-hybridized carbons (Fsp3) is 0.111. The van der Waals surface area contributed by atoms with Gasteiger partial charge in [0.05, 0.1) is 4.91 Å². The molecule has 1 rings (SSSR count). The highest BCUT2D eigenvalue weighted by Crippen LogP contribution is 2.14. The van der Waals surface area contributed by atoms with Crippen molar-refractivity contribution >= 4 is 17.6 Å². The van der Waals surface area contributed by atoms with E-state index in [-0.39, 0.29) is 11.3 Å². The summed E-state index contributed by atoms with van der Waals surface area (Å²) < 4.78 is 0. The molecule has 0 heterocycles. The maximum atomic E-state index is 11.1. The number of nitrogens with zero attached hydrogens (tertiary/aromatic N) is 2. The Morgan fingerprint density at radius 1 is 1.19 bits per heavy atom. The lowest BCUT2D eigenvalue weighted by Crippen LogP contribution is -2.41. The van der Waals surface area contributed by atoms with Gasteiger partial charge in [0.1, 0.15) is 10.6 Å². The Hall–Kier alpha value is -2.44. The lowest BCUT2D eigenvalue weighted by Gasteiger charge is -2.08. The summed E-state index contributed by atoms with van der Waals surface area (Å²) >= 11 is 0. The first kappa shape index (κ1) is 11.6. The van der Waals surface area contributed by atoms with Crippen LogP contribution in [0.4, 0.5) is 10.5 Å². The molecule has 0 aromatic heterocycles. The van der Waals surface area contributed by atoms with Crippen LogP contribution in [-0.2, 0) is 0 Å². The van der Waals surface area contributed by atoms with Crippen molar-refractivity contribution in [3.63, 3.8) is 0 Å². The smallest absolute Gasteiger partial charge is 0.366 e. The molecule has 0 saturated heterocycles. The molecule has 7 heteroatoms. The van der Waals surface area contributed by atoms with Crippen LogP contribution in [0.3, 0.4) is 0 Å². The molecule has 7 nitrogen and oxygen atoms in total. The second-order valence-electron chi connectivity index (χ2n) is 3.03. The number of amides is 3. The summed E-state index contributed by atoms with van der Waals surface area (Å²) in [4.78, 5) is 33.1. The van der Waals surface area contributed by atoms with Crippen LogP contribution in [0.25, 0.3) is 0 Å². The van der Waals surface area contributed by atoms with Gasteiger partial charge in [0.2, 0.25) is 13.0 Å². The van der Waals surface area contributed by atoms with Gasteiger partial charge in [-0.3, -0.25) is 4.79 Å². The highest BCUT2D eigenvalue weighted by atomic mass is 16.3. The number of urea groups is 1. The minimum absolute atomic E-state index is 0.259. The normalized spacial score (nSPS) is 9.56. The zero-order chi connectivity index (χ0) is 12.3. The van der Waals surface area contributed by atoms with Crippen LogP contribution in [0.15, 0.2) is 24.3 Å². The number of rotatable bonds is 3. The molecule has 0 aliphatic heterocycles. The first-order valence-corrected chi connectivity index (χ1v) is 4.33. The number of hydrogen-bond acceptors (Lipinski definition) is 3. The Morgan fingerprint density at radius 3 is 2.00 bits per heavy atom. The molecular formula is C9H11N4O3+. The van der Waals surface area contributed by atoms with Crippen LogP contribution in [0.5, 0.6) is 0 Å². The SMILES string of the molecule is C[N+](=O)N(C(N)=O)c1ccc(C(N)=O)cc1. The average molecular weight is 223 g/mol. The molecule has 4 N–H and O–H groups in total. The Bertz CT molecular complexity index is 427. The highest BCUT2D eigenvalue weighted by molar-refractivity contribution is 5.94. The van der Waals surface area contributed by atoms with E-state index in [0.29, 0.717) is 9.88 Å². The molecule has 0 aliphatic rings. The van der Waals surface area contributed by atoms with E-state index in [4.69, 9.17) is 11.5 Å². The van der Waals surface area contributed by atoms with Gasteiger partial charge in [0.15, 0.2) is 0 Å². The number of hydrazine groups is 1. The predicted molar refractivity (Wildman–Crippen MR) is 56.6 cm³/mol. The summed E-state index contributed by atoms with van der Waals surface area (Å²) in [5.74, 6) is -0.590. The molecule has 1 aromatic carbocycles. The molecule has 0 fully saturated rings. The fourth-order valence-corrected chi connectivity index (χ4v) is 1.20. The van der Waals surface area contributed by atoms with E-state index in [1.807, 2.05) is 0 Å². The number of nitroso groups, excluding NO2 is 1. The maximum Gasteiger partial charge on any atom is 0.377 e. The van der Waals surface area contributed by atoms with Crippen molar-refractivity contribution in [3.8, 4) is 0 Å². The molecule has 0 saturated carbocycles. The number of benzene rings is 1. The van der Waals surface area contributed by atoms with Gasteiger partial charge < -0.3 is 11.5 Å². The van der Waals surface area contributed by atoms with Gasteiger partial charge >= 0.3 is 6.03 Å². The second kappa shape index (κ2) is 4.39. The lowest BCUT2D eigenvalue weighted by atomic mass is 10.2. The summed E-state index contributed by atoms with van der Waals surface area (Å²) in [7, 11) is 1.13. The van der Waals surface area contributed by atoms with E-state index in [2.05, 4.69) is 0 Å². The third-order valence-electron chi connectivity index (χ3n) is 1.89. The number of nitrogens with two attached hydrogens (primary N) is 2. The van der Waals surface area contributed by atoms with E-state index in [9.17, 15) is 14.5 Å². The Kier molecular flexibility index (Phi) is 3.19. The summed E-state index contributed by atoms with van der Waals surface area (Å²) in [5, 5.41) is 0.713. The predicted octanol–water partition coefficient (Wildman–Crippen LogP) is -0.00570. The van der Waals surface area contributed by atoms with E-state index < -0.39 is 11.9 Å². The minimum Gasteiger partial charge on any atom is -0.366 e. The molecule has 1 aromatic rings. The van der Waals surface area contributed by atoms with Crippen molar-refractivity contribution in [1.82, 2.24) is 0 Å². The van der Waals surface area contributed by atoms with Gasteiger partial charge in [-0.25, -0.2) is 4.79 Å². The summed E-state index contributed by atoms with van der Waals surface area (Å²) in [5.41, 5.74) is 10.6. The molecule has 0 radical (unpaired) electrons. The second-order valence-corrected chi connectivity index (χ2v) is 3.03. The number of anilines is 1. The first-order valence-electron chi connectivity index (χ1n) is 4.33. The standard InChI is InChI=1S/C9H10N4O3/c1-12(16)13(9(11)15)7-4-2-6(3-5-7)8(10)14/h2-5H,1H3,(H3-,10,11,14,15)/p+1. The summed E-state index contributed by atoms with van der Waals surface area (Å²) in [6, 6.07) is 4.69. The maximum absolute atomic E-state index is 11.1. The van der Waals surface area contributed by atoms with Crippen molar-refractivity contribution in [1.29, 1.82) is 0 Å². The lowest BCUT2D eigenvalue weighted by molar-refractivity contribution is -0.520. The van der Waals surface area contributed by atoms with Gasteiger partial charge in [-0.1, -0.05) is 0 Å². The largest absolute Gasteiger partial charge is 0.377 e. The van der Waals surface area contributed by atoms with Crippen LogP contribution in [-0.4, -0.2) is 23.9 Å². The van der Waals surface area contributed by atoms with E-state index in [0.717, 1.165) is 7.05 Å². The number of carbonyl (C=O) groups is 2. The number of hydrogen-bond donors (Lipinski definition) is 2. The molecule has 3 amide bonds. The molecule has 0 aliphatic carbocycles. The Labute approximate surface area is 91.2 Å². The van der Waals surface area contributed by atoms with Crippen LogP contribution >= 0.6 is 0 Å². The van der Waals surface area contributed by atoms with Gasteiger partial charge in [0.25, 0.3) is 0 Å². The molecule has 16 heavy (non-hydrogen) atoms. The van der Waals surface area contributed by atoms with Crippen molar-refractivity contribution < 1.29 is 14.5 Å². The summed E-state index contributed by atoms with van der Waals surface area (Å²) in [6.45, 7) is 0. The van der Waals surface area contributed by atoms with Crippen LogP contribution in [0.2, 0.25) is 0 Å². The topological polar surface area (TPSA) is 110 Å². The fourth-order valence-electron chi connectivity index (χ4n) is 1.20. The van der Waals surface area contributed by atoms with Crippen molar-refractivity contribution in [2.75, 3.05) is 12.1 Å². The molecular weight excluding hydrogens is 212 g/mol. The molecule has 0 bridgehead atoms. The highest BCUT2D eigenvalue weighted by Gasteiger charge is 2.24. The molecule has 0 spiro atoms. The molecule has 0 atom stereocenters. The first-order chi connectivity index (χ1) is 7.43. The zero-order valence-electron chi connectivity index (χ0n) is 8.58. The third kappa shape index (κ3) is 2.32. The van der Waals surface area contributed by atoms with Gasteiger partial charge in [-0.15, -0.1) is 0 Å². The number of carbonyl (C=O) groups excluding carboxylic acids is 2. The number of primary amides is 2. The Morgan fingerprint density at radius 2 is 1.69 bits per heavy atom. The minimum atomic E-state index is -0.913. The quantitative estimate of drug-likeness (QED) is 0.555. The van der Waals surface area contributed by atoms with Crippen LogP contribution in [0.1, 0.15) is 10.4 Å². The molecule has 84 valence electrons. The Balaban J connectivity index is 3.08. The van der Waals surface area contributed by atoms with E-state index in [1.54, 1.807) is 0 Å². The van der Waals surface area contributed by atoms with Crippen molar-refractivity contribution in [2.24, 2.45) is 11.5 Å². The third-order valence-corrected chi connectivity index (χ3v) is 1.89. The van der Waals surface area contributed by atoms with E-state index in [1.165, 1.54) is 24.3 Å². The van der Waals surface area contributed by atoms with E-state index >= 15 is 0 Å². The van der Waals surface area contributed by atoms with Crippen LogP contribution < -0.4 is 16.5 Å². The van der Waals surface area contributed by atoms with Gasteiger partial charge in [-0.2, -0.15) is 0 Å². The van der Waals surface area contributed by atoms with Gasteiger partial charge in [-0.05, 0) is 29.3 Å². The van der Waals surface area contributed by atoms with Crippen LogP contribution in [0, 0.1) is 4.91 Å². The van der Waals surface area contributed by atoms with Gasteiger partial charge in [0, 0.05) is 5.56 Å². The average Bonchev–Trinajstić information content (AvgIpc) is 2.17. The zero-order valence-corrected chi connectivity index (χ0v) is 8.58. The monoisotopic (exact) mass is 223 g/mol. The summed E-state index contributed by atoms with van der Waals surface area (Å²) in [6.07, 6.45) is 0. The van der Waals surface area contributed by atoms with Crippen molar-refractivity contribution in [3.05, 3.63) is 34.7 Å². The van der Waals surface area contributed by atoms with Crippen molar-refractivity contribution in [2.45, 2.75) is 0 Å².